The van der Waals surface area contributed by atoms with Crippen LogP contribution < -0.4 is 0 Å². The SMILES string of the molecule is CC1CCCC12C=C2. The van der Waals surface area contributed by atoms with Crippen LogP contribution in [0.2, 0.25) is 0 Å². The molecule has 0 radical (unpaired) electrons. The molecule has 2 aliphatic carbocycles. The fourth-order valence-corrected chi connectivity index (χ4v) is 1.83. The summed E-state index contributed by atoms with van der Waals surface area (Å²) in [4.78, 5) is 0. The maximum absolute atomic E-state index is 2.38. The second-order valence-electron chi connectivity index (χ2n) is 3.24. The molecule has 2 aliphatic rings. The third-order valence-corrected chi connectivity index (χ3v) is 2.76. The Balaban J connectivity index is 2.14. The minimum Gasteiger partial charge on any atom is -0.0774 e. The van der Waals surface area contributed by atoms with Crippen molar-refractivity contribution in [2.24, 2.45) is 11.3 Å². The van der Waals surface area contributed by atoms with Gasteiger partial charge in [0.25, 0.3) is 0 Å². The minimum atomic E-state index is 0.653. The Morgan fingerprint density at radius 3 is 2.50 bits per heavy atom. The quantitative estimate of drug-likeness (QED) is 0.418. The second kappa shape index (κ2) is 1.18. The predicted molar refractivity (Wildman–Crippen MR) is 34.6 cm³/mol. The molecule has 0 aromatic heterocycles. The van der Waals surface area contributed by atoms with E-state index in [1.807, 2.05) is 0 Å². The van der Waals surface area contributed by atoms with E-state index in [-0.39, 0.29) is 0 Å². The lowest BCUT2D eigenvalue weighted by Gasteiger charge is -2.11. The number of hydrogen-bond acceptors (Lipinski definition) is 0. The highest BCUT2D eigenvalue weighted by atomic mass is 14.5. The van der Waals surface area contributed by atoms with Gasteiger partial charge in [0.2, 0.25) is 0 Å². The molecule has 0 aliphatic heterocycles. The van der Waals surface area contributed by atoms with E-state index in [1.54, 1.807) is 0 Å². The fourth-order valence-electron chi connectivity index (χ4n) is 1.83. The standard InChI is InChI=1S/C8H12/c1-7-3-2-4-8(7)5-6-8/h5-7H,2-4H2,1H3. The van der Waals surface area contributed by atoms with Crippen molar-refractivity contribution in [1.82, 2.24) is 0 Å². The van der Waals surface area contributed by atoms with E-state index in [4.69, 9.17) is 0 Å². The van der Waals surface area contributed by atoms with Gasteiger partial charge in [-0.3, -0.25) is 0 Å². The molecule has 1 unspecified atom stereocenters. The Hall–Kier alpha value is -0.260. The fraction of sp³-hybridized carbons (Fsp3) is 0.750. The van der Waals surface area contributed by atoms with Crippen LogP contribution in [0.1, 0.15) is 26.2 Å². The lowest BCUT2D eigenvalue weighted by Crippen LogP contribution is -2.04. The van der Waals surface area contributed by atoms with Gasteiger partial charge < -0.3 is 0 Å². The number of hydrogen-bond donors (Lipinski definition) is 0. The Morgan fingerprint density at radius 1 is 1.50 bits per heavy atom. The molecule has 0 nitrogen and oxygen atoms in total. The first kappa shape index (κ1) is 4.60. The van der Waals surface area contributed by atoms with E-state index >= 15 is 0 Å². The van der Waals surface area contributed by atoms with Gasteiger partial charge in [-0.05, 0) is 18.8 Å². The van der Waals surface area contributed by atoms with Crippen molar-refractivity contribution < 1.29 is 0 Å². The van der Waals surface area contributed by atoms with Crippen molar-refractivity contribution >= 4 is 0 Å². The molecule has 1 spiro atoms. The van der Waals surface area contributed by atoms with Gasteiger partial charge in [0, 0.05) is 5.41 Å². The minimum absolute atomic E-state index is 0.653. The summed E-state index contributed by atoms with van der Waals surface area (Å²) in [5.74, 6) is 0.961. The zero-order valence-corrected chi connectivity index (χ0v) is 5.35. The van der Waals surface area contributed by atoms with Crippen LogP contribution in [0.25, 0.3) is 0 Å². The van der Waals surface area contributed by atoms with Crippen LogP contribution in [0.15, 0.2) is 12.2 Å². The molecular weight excluding hydrogens is 96.1 g/mol. The first-order valence-corrected chi connectivity index (χ1v) is 3.54. The van der Waals surface area contributed by atoms with Crippen molar-refractivity contribution in [1.29, 1.82) is 0 Å². The van der Waals surface area contributed by atoms with Crippen LogP contribution in [0.4, 0.5) is 0 Å². The van der Waals surface area contributed by atoms with Crippen LogP contribution in [0.3, 0.4) is 0 Å². The molecule has 0 bridgehead atoms. The molecule has 1 atom stereocenters. The summed E-state index contributed by atoms with van der Waals surface area (Å²) in [6, 6.07) is 0. The molecule has 0 heterocycles. The van der Waals surface area contributed by atoms with Gasteiger partial charge in [0.05, 0.1) is 0 Å². The van der Waals surface area contributed by atoms with Gasteiger partial charge in [0.1, 0.15) is 0 Å². The highest BCUT2D eigenvalue weighted by Gasteiger charge is 2.42. The first-order chi connectivity index (χ1) is 3.83. The van der Waals surface area contributed by atoms with E-state index in [1.165, 1.54) is 19.3 Å². The van der Waals surface area contributed by atoms with Crippen molar-refractivity contribution in [3.63, 3.8) is 0 Å². The van der Waals surface area contributed by atoms with Gasteiger partial charge in [-0.15, -0.1) is 0 Å². The maximum Gasteiger partial charge on any atom is 0.00872 e. The Kier molecular flexibility index (Phi) is 0.677. The molecule has 1 saturated carbocycles. The van der Waals surface area contributed by atoms with E-state index in [9.17, 15) is 0 Å². The second-order valence-corrected chi connectivity index (χ2v) is 3.24. The highest BCUT2D eigenvalue weighted by molar-refractivity contribution is 5.29. The highest BCUT2D eigenvalue weighted by Crippen LogP contribution is 2.53. The number of rotatable bonds is 0. The summed E-state index contributed by atoms with van der Waals surface area (Å²) in [6.07, 6.45) is 9.10. The third-order valence-electron chi connectivity index (χ3n) is 2.76. The van der Waals surface area contributed by atoms with Gasteiger partial charge >= 0.3 is 0 Å². The van der Waals surface area contributed by atoms with Crippen LogP contribution in [-0.2, 0) is 0 Å². The molecule has 0 heteroatoms. The Labute approximate surface area is 50.6 Å². The largest absolute Gasteiger partial charge is 0.0774 e. The summed E-state index contributed by atoms with van der Waals surface area (Å²) in [7, 11) is 0. The van der Waals surface area contributed by atoms with Crippen molar-refractivity contribution in [3.8, 4) is 0 Å². The molecule has 0 amide bonds. The molecular formula is C8H12. The number of allylic oxidation sites excluding steroid dienone is 2. The van der Waals surface area contributed by atoms with Crippen molar-refractivity contribution in [2.45, 2.75) is 26.2 Å². The van der Waals surface area contributed by atoms with Crippen LogP contribution in [0.5, 0.6) is 0 Å². The summed E-state index contributed by atoms with van der Waals surface area (Å²) in [5, 5.41) is 0. The van der Waals surface area contributed by atoms with E-state index in [0.717, 1.165) is 5.92 Å². The van der Waals surface area contributed by atoms with E-state index in [0.29, 0.717) is 5.41 Å². The normalized spacial score (nSPS) is 38.9. The molecule has 8 heavy (non-hydrogen) atoms. The van der Waals surface area contributed by atoms with Crippen LogP contribution >= 0.6 is 0 Å². The Bertz CT molecular complexity index is 127. The van der Waals surface area contributed by atoms with Crippen LogP contribution in [0, 0.1) is 11.3 Å². The summed E-state index contributed by atoms with van der Waals surface area (Å²) in [5.41, 5.74) is 0.653. The first-order valence-electron chi connectivity index (χ1n) is 3.54. The van der Waals surface area contributed by atoms with Gasteiger partial charge in [0.15, 0.2) is 0 Å². The van der Waals surface area contributed by atoms with Gasteiger partial charge in [-0.1, -0.05) is 25.5 Å². The Morgan fingerprint density at radius 2 is 2.25 bits per heavy atom. The molecule has 0 aromatic carbocycles. The third kappa shape index (κ3) is 0.410. The van der Waals surface area contributed by atoms with Crippen molar-refractivity contribution in [3.05, 3.63) is 12.2 Å². The van der Waals surface area contributed by atoms with E-state index in [2.05, 4.69) is 19.1 Å². The summed E-state index contributed by atoms with van der Waals surface area (Å²) in [6.45, 7) is 2.37. The van der Waals surface area contributed by atoms with E-state index < -0.39 is 0 Å². The topological polar surface area (TPSA) is 0 Å². The zero-order valence-electron chi connectivity index (χ0n) is 5.35. The van der Waals surface area contributed by atoms with Crippen LogP contribution in [-0.4, -0.2) is 0 Å². The van der Waals surface area contributed by atoms with Crippen molar-refractivity contribution in [2.75, 3.05) is 0 Å². The smallest absolute Gasteiger partial charge is 0.00872 e. The summed E-state index contributed by atoms with van der Waals surface area (Å²) < 4.78 is 0. The molecule has 0 N–H and O–H groups in total. The lowest BCUT2D eigenvalue weighted by atomic mass is 9.93. The average molecular weight is 108 g/mol. The monoisotopic (exact) mass is 108 g/mol. The molecule has 0 aromatic rings. The predicted octanol–water partition coefficient (Wildman–Crippen LogP) is 2.36. The molecule has 1 fully saturated rings. The summed E-state index contributed by atoms with van der Waals surface area (Å²) >= 11 is 0. The zero-order chi connectivity index (χ0) is 5.61. The lowest BCUT2D eigenvalue weighted by molar-refractivity contribution is 0.442. The molecule has 44 valence electrons. The van der Waals surface area contributed by atoms with Gasteiger partial charge in [-0.25, -0.2) is 0 Å². The van der Waals surface area contributed by atoms with Gasteiger partial charge in [-0.2, -0.15) is 0 Å². The average Bonchev–Trinajstić information content (AvgIpc) is 2.39. The molecule has 0 saturated heterocycles. The molecule has 2 rings (SSSR count). The maximum atomic E-state index is 2.38.